The van der Waals surface area contributed by atoms with Crippen molar-refractivity contribution in [2.75, 3.05) is 78.4 Å². The molecule has 10 nitrogen and oxygen atoms in total. The summed E-state index contributed by atoms with van der Waals surface area (Å²) >= 11 is 0. The van der Waals surface area contributed by atoms with Crippen molar-refractivity contribution in [1.29, 1.82) is 0 Å². The standard InChI is InChI=1S/C20H32N2O8S/c21-4-5-26-6-7-27-8-9-28-10-11-29-12-13-30-14-15-31(24,25)19-3-1-2-17-18(19)16-22-20(17)23/h1-3H,4-16,21H2,(H,22,23). The van der Waals surface area contributed by atoms with E-state index in [1.807, 2.05) is 0 Å². The van der Waals surface area contributed by atoms with Gasteiger partial charge in [-0.15, -0.1) is 0 Å². The lowest BCUT2D eigenvalue weighted by Crippen LogP contribution is -2.17. The molecule has 31 heavy (non-hydrogen) atoms. The van der Waals surface area contributed by atoms with Crippen LogP contribution in [0.4, 0.5) is 0 Å². The van der Waals surface area contributed by atoms with Crippen LogP contribution >= 0.6 is 0 Å². The van der Waals surface area contributed by atoms with Crippen LogP contribution in [0.2, 0.25) is 0 Å². The zero-order valence-electron chi connectivity index (χ0n) is 17.7. The zero-order chi connectivity index (χ0) is 22.4. The molecular formula is C20H32N2O8S. The third-order valence-electron chi connectivity index (χ3n) is 4.39. The molecular weight excluding hydrogens is 428 g/mol. The Morgan fingerprint density at radius 1 is 0.806 bits per heavy atom. The highest BCUT2D eigenvalue weighted by Crippen LogP contribution is 2.24. The first-order chi connectivity index (χ1) is 15.1. The molecule has 0 radical (unpaired) electrons. The molecule has 176 valence electrons. The van der Waals surface area contributed by atoms with Gasteiger partial charge in [0.1, 0.15) is 0 Å². The summed E-state index contributed by atoms with van der Waals surface area (Å²) in [7, 11) is -3.53. The normalized spacial score (nSPS) is 13.4. The SMILES string of the molecule is NCCOCCOCCOCCOCCOCCS(=O)(=O)c1cccc2c1CNC2=O. The van der Waals surface area contributed by atoms with Gasteiger partial charge in [0, 0.05) is 24.2 Å². The lowest BCUT2D eigenvalue weighted by Gasteiger charge is -2.10. The second-order valence-electron chi connectivity index (χ2n) is 6.63. The smallest absolute Gasteiger partial charge is 0.251 e. The fourth-order valence-electron chi connectivity index (χ4n) is 2.86. The molecule has 1 aromatic carbocycles. The van der Waals surface area contributed by atoms with E-state index in [9.17, 15) is 13.2 Å². The largest absolute Gasteiger partial charge is 0.378 e. The number of nitrogens with one attached hydrogen (secondary N) is 1. The molecule has 0 fully saturated rings. The maximum absolute atomic E-state index is 12.6. The number of ether oxygens (including phenoxy) is 5. The molecule has 0 bridgehead atoms. The predicted molar refractivity (Wildman–Crippen MR) is 113 cm³/mol. The number of sulfone groups is 1. The van der Waals surface area contributed by atoms with E-state index in [0.717, 1.165) is 0 Å². The van der Waals surface area contributed by atoms with Crippen LogP contribution in [-0.2, 0) is 40.1 Å². The summed E-state index contributed by atoms with van der Waals surface area (Å²) in [4.78, 5) is 11.9. The highest BCUT2D eigenvalue weighted by atomic mass is 32.2. The number of benzene rings is 1. The number of carbonyl (C=O) groups is 1. The van der Waals surface area contributed by atoms with Crippen LogP contribution in [0.5, 0.6) is 0 Å². The van der Waals surface area contributed by atoms with E-state index < -0.39 is 9.84 Å². The molecule has 3 N–H and O–H groups in total. The molecule has 0 atom stereocenters. The van der Waals surface area contributed by atoms with E-state index in [2.05, 4.69) is 5.32 Å². The average Bonchev–Trinajstić information content (AvgIpc) is 3.14. The molecule has 0 saturated carbocycles. The molecule has 1 heterocycles. The van der Waals surface area contributed by atoms with Crippen molar-refractivity contribution < 1.29 is 36.9 Å². The van der Waals surface area contributed by atoms with Crippen LogP contribution in [0.25, 0.3) is 0 Å². The Bertz CT molecular complexity index is 772. The predicted octanol–water partition coefficient (Wildman–Crippen LogP) is -0.255. The maximum atomic E-state index is 12.6. The minimum absolute atomic E-state index is 0.0551. The molecule has 0 unspecified atom stereocenters. The number of nitrogens with two attached hydrogens (primary N) is 1. The van der Waals surface area contributed by atoms with E-state index in [0.29, 0.717) is 70.5 Å². The topological polar surface area (TPSA) is 135 Å². The van der Waals surface area contributed by atoms with Crippen molar-refractivity contribution >= 4 is 15.7 Å². The van der Waals surface area contributed by atoms with Crippen molar-refractivity contribution in [3.63, 3.8) is 0 Å². The van der Waals surface area contributed by atoms with Crippen molar-refractivity contribution in [3.05, 3.63) is 29.3 Å². The minimum atomic E-state index is -3.53. The summed E-state index contributed by atoms with van der Waals surface area (Å²) in [5.74, 6) is -0.400. The Kier molecular flexibility index (Phi) is 12.0. The lowest BCUT2D eigenvalue weighted by atomic mass is 10.1. The summed E-state index contributed by atoms with van der Waals surface area (Å²) in [6.45, 7) is 4.79. The minimum Gasteiger partial charge on any atom is -0.378 e. The Morgan fingerprint density at radius 2 is 1.32 bits per heavy atom. The summed E-state index contributed by atoms with van der Waals surface area (Å²) in [6, 6.07) is 4.73. The molecule has 1 aliphatic rings. The molecule has 0 aromatic heterocycles. The molecule has 0 aliphatic carbocycles. The Labute approximate surface area is 183 Å². The monoisotopic (exact) mass is 460 g/mol. The average molecular weight is 461 g/mol. The van der Waals surface area contributed by atoms with Crippen molar-refractivity contribution in [3.8, 4) is 0 Å². The number of hydrogen-bond acceptors (Lipinski definition) is 9. The van der Waals surface area contributed by atoms with Crippen LogP contribution < -0.4 is 11.1 Å². The maximum Gasteiger partial charge on any atom is 0.251 e. The first kappa shape index (κ1) is 25.7. The Hall–Kier alpha value is -1.60. The summed E-state index contributed by atoms with van der Waals surface area (Å²) in [5, 5.41) is 2.64. The molecule has 0 saturated heterocycles. The van der Waals surface area contributed by atoms with Crippen molar-refractivity contribution in [2.45, 2.75) is 11.4 Å². The fourth-order valence-corrected chi connectivity index (χ4v) is 4.26. The number of amides is 1. The number of carbonyl (C=O) groups excluding carboxylic acids is 1. The van der Waals surface area contributed by atoms with Gasteiger partial charge in [-0.2, -0.15) is 0 Å². The summed E-state index contributed by atoms with van der Waals surface area (Å²) < 4.78 is 51.7. The van der Waals surface area contributed by atoms with Gasteiger partial charge in [0.05, 0.1) is 76.7 Å². The fraction of sp³-hybridized carbons (Fsp3) is 0.650. The van der Waals surface area contributed by atoms with Gasteiger partial charge in [-0.3, -0.25) is 4.79 Å². The second kappa shape index (κ2) is 14.5. The Morgan fingerprint density at radius 3 is 1.87 bits per heavy atom. The van der Waals surface area contributed by atoms with Crippen LogP contribution in [0.15, 0.2) is 23.1 Å². The van der Waals surface area contributed by atoms with Gasteiger partial charge in [0.15, 0.2) is 9.84 Å². The first-order valence-corrected chi connectivity index (χ1v) is 11.9. The van der Waals surface area contributed by atoms with Gasteiger partial charge in [-0.25, -0.2) is 8.42 Å². The second-order valence-corrected chi connectivity index (χ2v) is 8.71. The van der Waals surface area contributed by atoms with Crippen LogP contribution in [0, 0.1) is 0 Å². The highest BCUT2D eigenvalue weighted by molar-refractivity contribution is 7.91. The quantitative estimate of drug-likeness (QED) is 0.284. The number of rotatable bonds is 18. The zero-order valence-corrected chi connectivity index (χ0v) is 18.5. The highest BCUT2D eigenvalue weighted by Gasteiger charge is 2.27. The molecule has 2 rings (SSSR count). The van der Waals surface area contributed by atoms with E-state index in [4.69, 9.17) is 29.4 Å². The van der Waals surface area contributed by atoms with Gasteiger partial charge in [0.25, 0.3) is 5.91 Å². The van der Waals surface area contributed by atoms with Crippen LogP contribution in [0.1, 0.15) is 15.9 Å². The van der Waals surface area contributed by atoms with E-state index in [-0.39, 0.29) is 36.3 Å². The summed E-state index contributed by atoms with van der Waals surface area (Å²) in [6.07, 6.45) is 0. The third-order valence-corrected chi connectivity index (χ3v) is 6.14. The lowest BCUT2D eigenvalue weighted by molar-refractivity contribution is -0.00956. The first-order valence-electron chi connectivity index (χ1n) is 10.3. The van der Waals surface area contributed by atoms with Gasteiger partial charge in [-0.1, -0.05) is 6.07 Å². The third kappa shape index (κ3) is 9.19. The number of hydrogen-bond donors (Lipinski definition) is 2. The van der Waals surface area contributed by atoms with E-state index in [1.165, 1.54) is 6.07 Å². The van der Waals surface area contributed by atoms with E-state index >= 15 is 0 Å². The Balaban J connectivity index is 1.46. The van der Waals surface area contributed by atoms with Crippen molar-refractivity contribution in [1.82, 2.24) is 5.32 Å². The van der Waals surface area contributed by atoms with Gasteiger partial charge >= 0.3 is 0 Å². The van der Waals surface area contributed by atoms with Gasteiger partial charge in [-0.05, 0) is 12.1 Å². The van der Waals surface area contributed by atoms with Gasteiger partial charge < -0.3 is 34.7 Å². The van der Waals surface area contributed by atoms with Gasteiger partial charge in [0.2, 0.25) is 0 Å². The molecule has 11 heteroatoms. The number of fused-ring (bicyclic) bond motifs is 1. The molecule has 1 amide bonds. The molecule has 1 aliphatic heterocycles. The van der Waals surface area contributed by atoms with Crippen molar-refractivity contribution in [2.24, 2.45) is 5.73 Å². The van der Waals surface area contributed by atoms with Crippen LogP contribution in [-0.4, -0.2) is 92.7 Å². The summed E-state index contributed by atoms with van der Waals surface area (Å²) in [5.41, 5.74) is 6.25. The molecule has 0 spiro atoms. The molecule has 1 aromatic rings. The van der Waals surface area contributed by atoms with Crippen LogP contribution in [0.3, 0.4) is 0 Å². The van der Waals surface area contributed by atoms with E-state index in [1.54, 1.807) is 12.1 Å².